The molecule has 0 fully saturated rings. The van der Waals surface area contributed by atoms with Crippen molar-refractivity contribution in [3.63, 3.8) is 0 Å². The van der Waals surface area contributed by atoms with Crippen LogP contribution in [0.25, 0.3) is 0 Å². The lowest BCUT2D eigenvalue weighted by atomic mass is 10.0. The summed E-state index contributed by atoms with van der Waals surface area (Å²) < 4.78 is 0. The molecule has 0 bridgehead atoms. The second kappa shape index (κ2) is 4.24. The zero-order valence-corrected chi connectivity index (χ0v) is 8.14. The van der Waals surface area contributed by atoms with Gasteiger partial charge in [-0.05, 0) is 38.8 Å². The first-order valence-electron chi connectivity index (χ1n) is 4.07. The van der Waals surface area contributed by atoms with Crippen molar-refractivity contribution in [3.8, 4) is 0 Å². The van der Waals surface area contributed by atoms with E-state index in [1.807, 2.05) is 13.8 Å². The Morgan fingerprint density at radius 2 is 2.08 bits per heavy atom. The van der Waals surface area contributed by atoms with Crippen LogP contribution in [0.3, 0.4) is 0 Å². The van der Waals surface area contributed by atoms with Crippen molar-refractivity contribution >= 4 is 5.78 Å². The Morgan fingerprint density at radius 3 is 2.42 bits per heavy atom. The Morgan fingerprint density at radius 1 is 1.58 bits per heavy atom. The highest BCUT2D eigenvalue weighted by atomic mass is 16.3. The largest absolute Gasteiger partial charge is 0.378 e. The highest BCUT2D eigenvalue weighted by Crippen LogP contribution is 2.06. The minimum absolute atomic E-state index is 0.265. The molecule has 0 aromatic carbocycles. The third-order valence-corrected chi connectivity index (χ3v) is 1.84. The van der Waals surface area contributed by atoms with Crippen LogP contribution in [-0.2, 0) is 4.79 Å². The maximum atomic E-state index is 10.8. The van der Waals surface area contributed by atoms with Crippen molar-refractivity contribution < 1.29 is 9.90 Å². The van der Waals surface area contributed by atoms with E-state index in [-0.39, 0.29) is 5.78 Å². The van der Waals surface area contributed by atoms with Crippen LogP contribution in [0.1, 0.15) is 34.1 Å². The molecule has 68 valence electrons. The maximum Gasteiger partial charge on any atom is 0.165 e. The first-order chi connectivity index (χ1) is 5.40. The third-order valence-electron chi connectivity index (χ3n) is 1.84. The molecule has 0 spiro atoms. The predicted molar refractivity (Wildman–Crippen MR) is 48.9 cm³/mol. The lowest BCUT2D eigenvalue weighted by Gasteiger charge is -2.12. The number of ketones is 1. The SMILES string of the molecule is CCC(C)=C=C[C@@](C)(O)C(C)=O. The molecule has 1 N–H and O–H groups in total. The number of aliphatic hydroxyl groups is 1. The molecule has 0 aromatic rings. The molecule has 2 nitrogen and oxygen atoms in total. The van der Waals surface area contributed by atoms with Gasteiger partial charge in [0.25, 0.3) is 0 Å². The van der Waals surface area contributed by atoms with Gasteiger partial charge in [0.2, 0.25) is 0 Å². The zero-order chi connectivity index (χ0) is 9.78. The van der Waals surface area contributed by atoms with Gasteiger partial charge in [-0.3, -0.25) is 4.79 Å². The van der Waals surface area contributed by atoms with E-state index in [9.17, 15) is 9.90 Å². The smallest absolute Gasteiger partial charge is 0.165 e. The Bertz CT molecular complexity index is 230. The fourth-order valence-electron chi connectivity index (χ4n) is 0.467. The molecule has 0 aliphatic heterocycles. The first kappa shape index (κ1) is 11.2. The highest BCUT2D eigenvalue weighted by Gasteiger charge is 2.21. The van der Waals surface area contributed by atoms with Crippen molar-refractivity contribution in [1.82, 2.24) is 0 Å². The molecule has 2 heteroatoms. The average molecular weight is 168 g/mol. The minimum atomic E-state index is -1.36. The summed E-state index contributed by atoms with van der Waals surface area (Å²) in [6, 6.07) is 0. The van der Waals surface area contributed by atoms with Gasteiger partial charge in [0, 0.05) is 0 Å². The summed E-state index contributed by atoms with van der Waals surface area (Å²) in [6.07, 6.45) is 2.29. The Balaban J connectivity index is 4.64. The molecule has 0 amide bonds. The third kappa shape index (κ3) is 3.51. The van der Waals surface area contributed by atoms with E-state index in [0.717, 1.165) is 12.0 Å². The molecule has 0 rings (SSSR count). The molecule has 0 aromatic heterocycles. The first-order valence-corrected chi connectivity index (χ1v) is 4.07. The summed E-state index contributed by atoms with van der Waals surface area (Å²) in [5.41, 5.74) is 2.53. The van der Waals surface area contributed by atoms with Gasteiger partial charge >= 0.3 is 0 Å². The standard InChI is InChI=1S/C10H16O2/c1-5-8(2)6-7-10(4,12)9(3)11/h7,12H,5H2,1-4H3/t6?,10-/m1/s1. The summed E-state index contributed by atoms with van der Waals surface area (Å²) in [5, 5.41) is 9.46. The van der Waals surface area contributed by atoms with Gasteiger partial charge < -0.3 is 5.11 Å². The van der Waals surface area contributed by atoms with Gasteiger partial charge in [-0.1, -0.05) is 6.92 Å². The number of hydrogen-bond donors (Lipinski definition) is 1. The van der Waals surface area contributed by atoms with E-state index in [4.69, 9.17) is 0 Å². The van der Waals surface area contributed by atoms with Crippen LogP contribution >= 0.6 is 0 Å². The van der Waals surface area contributed by atoms with Crippen molar-refractivity contribution in [3.05, 3.63) is 17.4 Å². The minimum Gasteiger partial charge on any atom is -0.378 e. The van der Waals surface area contributed by atoms with Crippen LogP contribution < -0.4 is 0 Å². The van der Waals surface area contributed by atoms with E-state index >= 15 is 0 Å². The number of Topliss-reactive ketones (excluding diaryl/α,β-unsaturated/α-hetero) is 1. The number of hydrogen-bond acceptors (Lipinski definition) is 2. The van der Waals surface area contributed by atoms with Gasteiger partial charge in [-0.25, -0.2) is 0 Å². The summed E-state index contributed by atoms with van der Waals surface area (Å²) in [4.78, 5) is 10.8. The fourth-order valence-corrected chi connectivity index (χ4v) is 0.467. The predicted octanol–water partition coefficient (Wildman–Crippen LogP) is 1.84. The summed E-state index contributed by atoms with van der Waals surface area (Å²) in [5.74, 6) is -0.265. The van der Waals surface area contributed by atoms with Gasteiger partial charge in [0.05, 0.1) is 0 Å². The lowest BCUT2D eigenvalue weighted by molar-refractivity contribution is -0.129. The van der Waals surface area contributed by atoms with Gasteiger partial charge in [0.15, 0.2) is 5.78 Å². The van der Waals surface area contributed by atoms with E-state index < -0.39 is 5.60 Å². The lowest BCUT2D eigenvalue weighted by Crippen LogP contribution is -2.29. The maximum absolute atomic E-state index is 10.8. The topological polar surface area (TPSA) is 37.3 Å². The highest BCUT2D eigenvalue weighted by molar-refractivity contribution is 5.86. The van der Waals surface area contributed by atoms with Gasteiger partial charge in [0.1, 0.15) is 5.60 Å². The molecular formula is C10H16O2. The van der Waals surface area contributed by atoms with E-state index in [1.165, 1.54) is 19.9 Å². The molecule has 1 atom stereocenters. The van der Waals surface area contributed by atoms with Crippen LogP contribution in [0.4, 0.5) is 0 Å². The van der Waals surface area contributed by atoms with Gasteiger partial charge in [-0.15, -0.1) is 5.73 Å². The molecule has 0 heterocycles. The number of rotatable bonds is 3. The van der Waals surface area contributed by atoms with Crippen molar-refractivity contribution in [1.29, 1.82) is 0 Å². The van der Waals surface area contributed by atoms with Crippen LogP contribution in [0, 0.1) is 0 Å². The van der Waals surface area contributed by atoms with E-state index in [2.05, 4.69) is 5.73 Å². The zero-order valence-electron chi connectivity index (χ0n) is 8.14. The average Bonchev–Trinajstić information content (AvgIpc) is 2.00. The summed E-state index contributed by atoms with van der Waals surface area (Å²) >= 11 is 0. The van der Waals surface area contributed by atoms with Crippen molar-refractivity contribution in [2.24, 2.45) is 0 Å². The Kier molecular flexibility index (Phi) is 3.94. The second-order valence-corrected chi connectivity index (χ2v) is 3.13. The van der Waals surface area contributed by atoms with Crippen LogP contribution in [-0.4, -0.2) is 16.5 Å². The molecule has 12 heavy (non-hydrogen) atoms. The fraction of sp³-hybridized carbons (Fsp3) is 0.600. The molecule has 0 saturated carbocycles. The van der Waals surface area contributed by atoms with E-state index in [1.54, 1.807) is 0 Å². The second-order valence-electron chi connectivity index (χ2n) is 3.13. The summed E-state index contributed by atoms with van der Waals surface area (Å²) in [7, 11) is 0. The number of carbonyl (C=O) groups is 1. The normalized spacial score (nSPS) is 14.4. The molecule has 0 aliphatic carbocycles. The number of carbonyl (C=O) groups excluding carboxylic acids is 1. The van der Waals surface area contributed by atoms with Crippen molar-refractivity contribution in [2.75, 3.05) is 0 Å². The molecule has 0 radical (unpaired) electrons. The molecular weight excluding hydrogens is 152 g/mol. The Labute approximate surface area is 73.6 Å². The quantitative estimate of drug-likeness (QED) is 0.653. The summed E-state index contributed by atoms with van der Waals surface area (Å²) in [6.45, 7) is 6.73. The van der Waals surface area contributed by atoms with Crippen LogP contribution in [0.15, 0.2) is 17.4 Å². The van der Waals surface area contributed by atoms with Crippen LogP contribution in [0.5, 0.6) is 0 Å². The molecule has 0 saturated heterocycles. The molecule has 0 aliphatic rings. The Hall–Kier alpha value is -0.850. The molecule has 0 unspecified atom stereocenters. The van der Waals surface area contributed by atoms with Gasteiger partial charge in [-0.2, -0.15) is 0 Å². The van der Waals surface area contributed by atoms with Crippen molar-refractivity contribution in [2.45, 2.75) is 39.7 Å². The van der Waals surface area contributed by atoms with E-state index in [0.29, 0.717) is 0 Å². The monoisotopic (exact) mass is 168 g/mol. The van der Waals surface area contributed by atoms with Crippen LogP contribution in [0.2, 0.25) is 0 Å².